The van der Waals surface area contributed by atoms with E-state index in [1.165, 1.54) is 5.56 Å². The van der Waals surface area contributed by atoms with Crippen molar-refractivity contribution in [3.8, 4) is 0 Å². The normalized spacial score (nSPS) is 17.2. The number of aryl methyl sites for hydroxylation is 3. The number of carbonyl (C=O) groups is 1. The smallest absolute Gasteiger partial charge is 0.260 e. The molecule has 1 aliphatic heterocycles. The highest BCUT2D eigenvalue weighted by molar-refractivity contribution is 6.07. The predicted octanol–water partition coefficient (Wildman–Crippen LogP) is 3.28. The summed E-state index contributed by atoms with van der Waals surface area (Å²) in [7, 11) is 3.65. The van der Waals surface area contributed by atoms with Gasteiger partial charge in [-0.1, -0.05) is 30.3 Å². The molecule has 1 fully saturated rings. The van der Waals surface area contributed by atoms with Crippen molar-refractivity contribution in [1.29, 1.82) is 0 Å². The molecule has 1 amide bonds. The summed E-state index contributed by atoms with van der Waals surface area (Å²) in [6, 6.07) is 10.5. The van der Waals surface area contributed by atoms with Crippen LogP contribution in [-0.2, 0) is 20.5 Å². The average Bonchev–Trinajstić information content (AvgIpc) is 3.04. The van der Waals surface area contributed by atoms with Crippen molar-refractivity contribution in [2.24, 2.45) is 20.0 Å². The van der Waals surface area contributed by atoms with Gasteiger partial charge in [-0.15, -0.1) is 0 Å². The van der Waals surface area contributed by atoms with Crippen LogP contribution in [0.2, 0.25) is 0 Å². The molecule has 5 nitrogen and oxygen atoms in total. The number of carbonyl (C=O) groups excluding carboxylic acids is 1. The monoisotopic (exact) mass is 377 g/mol. The predicted molar refractivity (Wildman–Crippen MR) is 112 cm³/mol. The van der Waals surface area contributed by atoms with E-state index in [0.29, 0.717) is 16.9 Å². The van der Waals surface area contributed by atoms with Gasteiger partial charge < -0.3 is 14.0 Å². The van der Waals surface area contributed by atoms with Gasteiger partial charge in [0.2, 0.25) is 0 Å². The molecule has 1 unspecified atom stereocenters. The number of aromatic nitrogens is 2. The number of amides is 1. The molecule has 3 heterocycles. The molecule has 3 aromatic rings. The maximum Gasteiger partial charge on any atom is 0.260 e. The van der Waals surface area contributed by atoms with Gasteiger partial charge in [0.25, 0.3) is 11.5 Å². The van der Waals surface area contributed by atoms with Crippen molar-refractivity contribution < 1.29 is 4.79 Å². The topological polar surface area (TPSA) is 47.2 Å². The van der Waals surface area contributed by atoms with Crippen molar-refractivity contribution in [2.75, 3.05) is 13.1 Å². The van der Waals surface area contributed by atoms with Crippen LogP contribution in [0, 0.1) is 12.8 Å². The summed E-state index contributed by atoms with van der Waals surface area (Å²) in [5.41, 5.74) is 3.59. The summed E-state index contributed by atoms with van der Waals surface area (Å²) >= 11 is 0. The molecule has 0 radical (unpaired) electrons. The number of fused-ring (bicyclic) bond motifs is 1. The van der Waals surface area contributed by atoms with E-state index in [1.807, 2.05) is 41.9 Å². The third-order valence-corrected chi connectivity index (χ3v) is 5.88. The number of likely N-dealkylation sites (tertiary alicyclic amines) is 1. The van der Waals surface area contributed by atoms with Crippen LogP contribution in [0.1, 0.15) is 34.3 Å². The van der Waals surface area contributed by atoms with Gasteiger partial charge in [-0.2, -0.15) is 0 Å². The molecule has 1 atom stereocenters. The summed E-state index contributed by atoms with van der Waals surface area (Å²) < 4.78 is 3.48. The van der Waals surface area contributed by atoms with Crippen LogP contribution in [0.3, 0.4) is 0 Å². The molecule has 28 heavy (non-hydrogen) atoms. The Morgan fingerprint density at radius 2 is 1.86 bits per heavy atom. The van der Waals surface area contributed by atoms with E-state index in [-0.39, 0.29) is 11.5 Å². The second kappa shape index (κ2) is 7.30. The summed E-state index contributed by atoms with van der Waals surface area (Å²) in [4.78, 5) is 28.1. The van der Waals surface area contributed by atoms with E-state index < -0.39 is 0 Å². The lowest BCUT2D eigenvalue weighted by Crippen LogP contribution is -2.40. The van der Waals surface area contributed by atoms with Crippen LogP contribution in [0.5, 0.6) is 0 Å². The second-order valence-electron chi connectivity index (χ2n) is 8.05. The highest BCUT2D eigenvalue weighted by Crippen LogP contribution is 2.26. The molecule has 4 rings (SSSR count). The Morgan fingerprint density at radius 3 is 2.61 bits per heavy atom. The van der Waals surface area contributed by atoms with Crippen LogP contribution in [0.15, 0.2) is 47.5 Å². The van der Waals surface area contributed by atoms with Gasteiger partial charge in [-0.3, -0.25) is 9.59 Å². The number of hydrogen-bond acceptors (Lipinski definition) is 2. The van der Waals surface area contributed by atoms with Gasteiger partial charge in [0.15, 0.2) is 0 Å². The zero-order chi connectivity index (χ0) is 19.8. The van der Waals surface area contributed by atoms with E-state index in [0.717, 1.165) is 43.4 Å². The molecule has 2 aromatic heterocycles. The molecule has 146 valence electrons. The lowest BCUT2D eigenvalue weighted by molar-refractivity contribution is 0.0675. The molecule has 0 saturated carbocycles. The average molecular weight is 377 g/mol. The van der Waals surface area contributed by atoms with E-state index in [1.54, 1.807) is 11.6 Å². The molecule has 5 heteroatoms. The Kier molecular flexibility index (Phi) is 4.84. The Hall–Kier alpha value is -2.82. The zero-order valence-corrected chi connectivity index (χ0v) is 16.8. The van der Waals surface area contributed by atoms with Crippen LogP contribution in [-0.4, -0.2) is 33.0 Å². The van der Waals surface area contributed by atoms with Gasteiger partial charge in [0.1, 0.15) is 0 Å². The van der Waals surface area contributed by atoms with E-state index in [9.17, 15) is 9.59 Å². The van der Waals surface area contributed by atoms with Crippen LogP contribution < -0.4 is 5.56 Å². The van der Waals surface area contributed by atoms with Crippen LogP contribution >= 0.6 is 0 Å². The van der Waals surface area contributed by atoms with E-state index in [2.05, 4.69) is 24.3 Å². The summed E-state index contributed by atoms with van der Waals surface area (Å²) in [5.74, 6) is 0.436. The molecule has 0 N–H and O–H groups in total. The van der Waals surface area contributed by atoms with Crippen LogP contribution in [0.4, 0.5) is 0 Å². The van der Waals surface area contributed by atoms with Gasteiger partial charge in [0, 0.05) is 39.6 Å². The molecular formula is C23H27N3O2. The molecule has 1 saturated heterocycles. The standard InChI is InChI=1S/C23H27N3O2/c1-16-13-25(3)23(28)20-19(15-24(2)21(16)20)22(27)26-11-7-10-18(14-26)12-17-8-5-4-6-9-17/h4-6,8-9,13,15,18H,7,10-12,14H2,1-3H3. The fourth-order valence-electron chi connectivity index (χ4n) is 4.60. The maximum absolute atomic E-state index is 13.4. The number of nitrogens with zero attached hydrogens (tertiary/aromatic N) is 3. The van der Waals surface area contributed by atoms with Crippen molar-refractivity contribution in [3.05, 3.63) is 69.8 Å². The van der Waals surface area contributed by atoms with E-state index in [4.69, 9.17) is 0 Å². The minimum absolute atomic E-state index is 0.0222. The largest absolute Gasteiger partial charge is 0.349 e. The first-order chi connectivity index (χ1) is 13.5. The van der Waals surface area contributed by atoms with Crippen LogP contribution in [0.25, 0.3) is 10.9 Å². The molecule has 0 bridgehead atoms. The van der Waals surface area contributed by atoms with Gasteiger partial charge in [0.05, 0.1) is 16.5 Å². The minimum Gasteiger partial charge on any atom is -0.349 e. The molecule has 0 spiro atoms. The van der Waals surface area contributed by atoms with Gasteiger partial charge in [-0.05, 0) is 43.2 Å². The summed E-state index contributed by atoms with van der Waals surface area (Å²) in [5, 5.41) is 0.542. The third-order valence-electron chi connectivity index (χ3n) is 5.88. The zero-order valence-electron chi connectivity index (χ0n) is 16.8. The fraction of sp³-hybridized carbons (Fsp3) is 0.391. The SMILES string of the molecule is Cc1cn(C)c(=O)c2c(C(=O)N3CCCC(Cc4ccccc4)C3)cn(C)c12. The lowest BCUT2D eigenvalue weighted by Gasteiger charge is -2.33. The Labute approximate surface area is 165 Å². The van der Waals surface area contributed by atoms with Gasteiger partial charge in [-0.25, -0.2) is 0 Å². The highest BCUT2D eigenvalue weighted by Gasteiger charge is 2.28. The van der Waals surface area contributed by atoms with E-state index >= 15 is 0 Å². The molecule has 1 aromatic carbocycles. The number of pyridine rings is 1. The van der Waals surface area contributed by atoms with Crippen molar-refractivity contribution in [2.45, 2.75) is 26.2 Å². The molecule has 1 aliphatic rings. The molecule has 0 aliphatic carbocycles. The van der Waals surface area contributed by atoms with Crippen molar-refractivity contribution in [1.82, 2.24) is 14.0 Å². The molecular weight excluding hydrogens is 350 g/mol. The number of benzene rings is 1. The van der Waals surface area contributed by atoms with Crippen molar-refractivity contribution >= 4 is 16.8 Å². The quantitative estimate of drug-likeness (QED) is 0.703. The first kappa shape index (κ1) is 18.5. The lowest BCUT2D eigenvalue weighted by atomic mass is 9.91. The minimum atomic E-state index is -0.109. The summed E-state index contributed by atoms with van der Waals surface area (Å²) in [6.45, 7) is 3.48. The number of piperidine rings is 1. The highest BCUT2D eigenvalue weighted by atomic mass is 16.2. The summed E-state index contributed by atoms with van der Waals surface area (Å²) in [6.07, 6.45) is 6.78. The van der Waals surface area contributed by atoms with Crippen molar-refractivity contribution in [3.63, 3.8) is 0 Å². The Bertz CT molecular complexity index is 1080. The first-order valence-electron chi connectivity index (χ1n) is 9.94. The first-order valence-corrected chi connectivity index (χ1v) is 9.94. The third kappa shape index (κ3) is 3.26. The maximum atomic E-state index is 13.4. The Balaban J connectivity index is 1.63. The Morgan fingerprint density at radius 1 is 1.11 bits per heavy atom. The number of rotatable bonds is 3. The fourth-order valence-corrected chi connectivity index (χ4v) is 4.60. The second-order valence-corrected chi connectivity index (χ2v) is 8.05. The van der Waals surface area contributed by atoms with Gasteiger partial charge >= 0.3 is 0 Å². The number of hydrogen-bond donors (Lipinski definition) is 0.